The smallest absolute Gasteiger partial charge is 0.326 e. The average molecular weight is 387 g/mol. The maximum atomic E-state index is 12.8. The largest absolute Gasteiger partial charge is 0.465 e. The van der Waals surface area contributed by atoms with Gasteiger partial charge in [0.15, 0.2) is 0 Å². The number of aromatic nitrogens is 3. The standard InChI is InChI=1S/C19H21N3O4S/c1-4-19(3)7-13-11(9-26-19)6-12-15-16(27-17(12)21-13)18(24)22(10-20-15)8-14(23)25-5-2/h6,10H,4-5,7-9H2,1-3H3/t19-/m0/s1. The summed E-state index contributed by atoms with van der Waals surface area (Å²) in [6, 6.07) is 2.04. The summed E-state index contributed by atoms with van der Waals surface area (Å²) in [7, 11) is 0. The summed E-state index contributed by atoms with van der Waals surface area (Å²) in [5.74, 6) is -0.452. The molecule has 0 aliphatic carbocycles. The Labute approximate surface area is 159 Å². The predicted molar refractivity (Wildman–Crippen MR) is 103 cm³/mol. The van der Waals surface area contributed by atoms with Crippen LogP contribution in [-0.4, -0.2) is 32.7 Å². The zero-order chi connectivity index (χ0) is 19.2. The number of carbonyl (C=O) groups excluding carboxylic acids is 1. The first-order valence-electron chi connectivity index (χ1n) is 9.04. The number of carbonyl (C=O) groups is 1. The summed E-state index contributed by atoms with van der Waals surface area (Å²) in [6.45, 7) is 6.59. The third-order valence-corrected chi connectivity index (χ3v) is 6.15. The van der Waals surface area contributed by atoms with Crippen LogP contribution < -0.4 is 5.56 Å². The van der Waals surface area contributed by atoms with Crippen LogP contribution in [0.1, 0.15) is 38.4 Å². The summed E-state index contributed by atoms with van der Waals surface area (Å²) in [5.41, 5.74) is 2.25. The first-order chi connectivity index (χ1) is 12.9. The van der Waals surface area contributed by atoms with E-state index in [1.807, 2.05) is 6.07 Å². The lowest BCUT2D eigenvalue weighted by molar-refractivity contribution is -0.143. The third kappa shape index (κ3) is 3.12. The number of rotatable bonds is 4. The van der Waals surface area contributed by atoms with Crippen molar-refractivity contribution in [2.24, 2.45) is 0 Å². The van der Waals surface area contributed by atoms with E-state index in [1.54, 1.807) is 6.92 Å². The molecule has 0 spiro atoms. The van der Waals surface area contributed by atoms with Crippen molar-refractivity contribution in [3.63, 3.8) is 0 Å². The molecule has 0 N–H and O–H groups in total. The Balaban J connectivity index is 1.80. The lowest BCUT2D eigenvalue weighted by Crippen LogP contribution is -2.35. The summed E-state index contributed by atoms with van der Waals surface area (Å²) in [6.07, 6.45) is 3.07. The van der Waals surface area contributed by atoms with E-state index < -0.39 is 5.97 Å². The minimum atomic E-state index is -0.452. The van der Waals surface area contributed by atoms with Crippen molar-refractivity contribution in [2.75, 3.05) is 6.61 Å². The molecule has 0 amide bonds. The molecule has 0 unspecified atom stereocenters. The molecular formula is C19H21N3O4S. The molecule has 1 aliphatic rings. The van der Waals surface area contributed by atoms with Gasteiger partial charge in [0.25, 0.3) is 5.56 Å². The van der Waals surface area contributed by atoms with Gasteiger partial charge in [-0.25, -0.2) is 9.97 Å². The van der Waals surface area contributed by atoms with Crippen LogP contribution in [-0.2, 0) is 33.8 Å². The fraction of sp³-hybridized carbons (Fsp3) is 0.474. The van der Waals surface area contributed by atoms with Crippen LogP contribution in [0.2, 0.25) is 0 Å². The van der Waals surface area contributed by atoms with Crippen molar-refractivity contribution in [1.82, 2.24) is 14.5 Å². The van der Waals surface area contributed by atoms with Gasteiger partial charge in [-0.05, 0) is 26.3 Å². The molecule has 0 radical (unpaired) electrons. The van der Waals surface area contributed by atoms with Gasteiger partial charge in [-0.3, -0.25) is 14.2 Å². The second-order valence-electron chi connectivity index (χ2n) is 6.98. The Morgan fingerprint density at radius 3 is 3.00 bits per heavy atom. The van der Waals surface area contributed by atoms with Crippen molar-refractivity contribution in [1.29, 1.82) is 0 Å². The van der Waals surface area contributed by atoms with Gasteiger partial charge in [0.1, 0.15) is 16.1 Å². The molecule has 3 aromatic heterocycles. The van der Waals surface area contributed by atoms with Gasteiger partial charge in [-0.15, -0.1) is 11.3 Å². The minimum absolute atomic E-state index is 0.142. The quantitative estimate of drug-likeness (QED) is 0.640. The molecule has 1 atom stereocenters. The van der Waals surface area contributed by atoms with Gasteiger partial charge in [0, 0.05) is 17.4 Å². The van der Waals surface area contributed by atoms with Gasteiger partial charge in [-0.1, -0.05) is 6.92 Å². The highest BCUT2D eigenvalue weighted by Gasteiger charge is 2.31. The number of pyridine rings is 1. The van der Waals surface area contributed by atoms with Crippen molar-refractivity contribution in [2.45, 2.75) is 52.4 Å². The lowest BCUT2D eigenvalue weighted by atomic mass is 9.91. The van der Waals surface area contributed by atoms with E-state index in [-0.39, 0.29) is 24.3 Å². The molecule has 0 saturated heterocycles. The molecular weight excluding hydrogens is 366 g/mol. The second kappa shape index (κ2) is 6.69. The molecule has 0 aromatic carbocycles. The third-order valence-electron chi connectivity index (χ3n) is 5.08. The highest BCUT2D eigenvalue weighted by molar-refractivity contribution is 7.25. The van der Waals surface area contributed by atoms with Gasteiger partial charge in [0.2, 0.25) is 0 Å². The molecule has 7 nitrogen and oxygen atoms in total. The fourth-order valence-corrected chi connectivity index (χ4v) is 4.37. The Kier molecular flexibility index (Phi) is 4.47. The highest BCUT2D eigenvalue weighted by atomic mass is 32.1. The monoisotopic (exact) mass is 387 g/mol. The maximum Gasteiger partial charge on any atom is 0.326 e. The van der Waals surface area contributed by atoms with Crippen LogP contribution in [0.5, 0.6) is 0 Å². The van der Waals surface area contributed by atoms with E-state index in [9.17, 15) is 9.59 Å². The SMILES string of the molecule is CCOC(=O)Cn1cnc2c(sc3nc4c(cc32)CO[C@@](C)(CC)C4)c1=O. The van der Waals surface area contributed by atoms with Crippen LogP contribution in [0.4, 0.5) is 0 Å². The van der Waals surface area contributed by atoms with Crippen LogP contribution in [0.15, 0.2) is 17.2 Å². The van der Waals surface area contributed by atoms with E-state index in [1.165, 1.54) is 22.2 Å². The van der Waals surface area contributed by atoms with Crippen LogP contribution in [0.25, 0.3) is 20.4 Å². The van der Waals surface area contributed by atoms with Crippen LogP contribution in [0.3, 0.4) is 0 Å². The topological polar surface area (TPSA) is 83.3 Å². The first kappa shape index (κ1) is 18.1. The molecule has 27 heavy (non-hydrogen) atoms. The Morgan fingerprint density at radius 2 is 2.26 bits per heavy atom. The summed E-state index contributed by atoms with van der Waals surface area (Å²) >= 11 is 1.32. The summed E-state index contributed by atoms with van der Waals surface area (Å²) < 4.78 is 12.7. The molecule has 4 rings (SSSR count). The molecule has 3 aromatic rings. The molecule has 0 bridgehead atoms. The van der Waals surface area contributed by atoms with Crippen molar-refractivity contribution in [3.05, 3.63) is 34.0 Å². The number of nitrogens with zero attached hydrogens (tertiary/aromatic N) is 3. The fourth-order valence-electron chi connectivity index (χ4n) is 3.29. The minimum Gasteiger partial charge on any atom is -0.465 e. The number of ether oxygens (including phenoxy) is 2. The number of fused-ring (bicyclic) bond motifs is 4. The van der Waals surface area contributed by atoms with Gasteiger partial charge < -0.3 is 9.47 Å². The highest BCUT2D eigenvalue weighted by Crippen LogP contribution is 2.35. The van der Waals surface area contributed by atoms with E-state index in [0.29, 0.717) is 16.8 Å². The molecule has 1 aliphatic heterocycles. The van der Waals surface area contributed by atoms with Crippen molar-refractivity contribution >= 4 is 37.7 Å². The molecule has 4 heterocycles. The molecule has 0 fully saturated rings. The Morgan fingerprint density at radius 1 is 1.44 bits per heavy atom. The molecule has 8 heteroatoms. The van der Waals surface area contributed by atoms with E-state index in [0.717, 1.165) is 34.3 Å². The van der Waals surface area contributed by atoms with Gasteiger partial charge in [0.05, 0.1) is 36.4 Å². The van der Waals surface area contributed by atoms with Crippen LogP contribution >= 0.6 is 11.3 Å². The zero-order valence-electron chi connectivity index (χ0n) is 15.6. The molecule has 0 saturated carbocycles. The van der Waals surface area contributed by atoms with E-state index >= 15 is 0 Å². The van der Waals surface area contributed by atoms with E-state index in [2.05, 4.69) is 18.8 Å². The van der Waals surface area contributed by atoms with Crippen molar-refractivity contribution in [3.8, 4) is 0 Å². The van der Waals surface area contributed by atoms with Crippen LogP contribution in [0, 0.1) is 0 Å². The Bertz CT molecular complexity index is 1100. The molecule has 142 valence electrons. The number of hydrogen-bond acceptors (Lipinski definition) is 7. The normalized spacial score (nSPS) is 19.4. The first-order valence-corrected chi connectivity index (χ1v) is 9.85. The Hall–Kier alpha value is -2.32. The summed E-state index contributed by atoms with van der Waals surface area (Å²) in [5, 5.41) is 0.859. The predicted octanol–water partition coefficient (Wildman–Crippen LogP) is 2.81. The summed E-state index contributed by atoms with van der Waals surface area (Å²) in [4.78, 5) is 34.5. The maximum absolute atomic E-state index is 12.8. The number of hydrogen-bond donors (Lipinski definition) is 0. The lowest BCUT2D eigenvalue weighted by Gasteiger charge is -2.33. The number of thiophene rings is 1. The number of esters is 1. The zero-order valence-corrected chi connectivity index (χ0v) is 16.4. The average Bonchev–Trinajstić information content (AvgIpc) is 3.00. The van der Waals surface area contributed by atoms with Gasteiger partial charge >= 0.3 is 5.97 Å². The van der Waals surface area contributed by atoms with E-state index in [4.69, 9.17) is 14.5 Å². The van der Waals surface area contributed by atoms with Gasteiger partial charge in [-0.2, -0.15) is 0 Å². The van der Waals surface area contributed by atoms with Crippen molar-refractivity contribution < 1.29 is 14.3 Å². The second-order valence-corrected chi connectivity index (χ2v) is 7.98.